The third-order valence-corrected chi connectivity index (χ3v) is 6.47. The maximum Gasteiger partial charge on any atom is 0.259 e. The smallest absolute Gasteiger partial charge is 0.259 e. The second-order valence-corrected chi connectivity index (χ2v) is 8.79. The van der Waals surface area contributed by atoms with Gasteiger partial charge in [0.25, 0.3) is 11.8 Å². The average molecular weight is 467 g/mol. The summed E-state index contributed by atoms with van der Waals surface area (Å²) in [5, 5.41) is 3.22. The summed E-state index contributed by atoms with van der Waals surface area (Å²) in [7, 11) is 0. The van der Waals surface area contributed by atoms with Gasteiger partial charge >= 0.3 is 0 Å². The fourth-order valence-corrected chi connectivity index (χ4v) is 4.59. The molecule has 35 heavy (non-hydrogen) atoms. The minimum atomic E-state index is -0.444. The molecule has 2 heterocycles. The molecule has 2 amide bonds. The molecule has 0 radical (unpaired) electrons. The van der Waals surface area contributed by atoms with Crippen molar-refractivity contribution in [3.8, 4) is 11.3 Å². The van der Waals surface area contributed by atoms with Gasteiger partial charge in [-0.3, -0.25) is 14.4 Å². The molecule has 1 aliphatic heterocycles. The van der Waals surface area contributed by atoms with Crippen LogP contribution in [0.3, 0.4) is 0 Å². The van der Waals surface area contributed by atoms with Crippen LogP contribution in [0.5, 0.6) is 0 Å². The first-order valence-electron chi connectivity index (χ1n) is 11.9. The number of carbonyl (C=O) groups excluding carboxylic acids is 2. The molecule has 6 heteroatoms. The molecule has 176 valence electrons. The van der Waals surface area contributed by atoms with Crippen molar-refractivity contribution in [2.45, 2.75) is 26.2 Å². The second-order valence-electron chi connectivity index (χ2n) is 8.79. The van der Waals surface area contributed by atoms with Crippen molar-refractivity contribution in [1.29, 1.82) is 0 Å². The summed E-state index contributed by atoms with van der Waals surface area (Å²) in [5.41, 5.74) is 2.40. The zero-order chi connectivity index (χ0) is 24.4. The third kappa shape index (κ3) is 4.35. The van der Waals surface area contributed by atoms with Gasteiger partial charge < -0.3 is 14.6 Å². The maximum atomic E-state index is 13.4. The summed E-state index contributed by atoms with van der Waals surface area (Å²) in [5.74, 6) is -0.100. The van der Waals surface area contributed by atoms with E-state index in [-0.39, 0.29) is 22.5 Å². The number of likely N-dealkylation sites (tertiary alicyclic amines) is 1. The topological polar surface area (TPSA) is 79.6 Å². The second kappa shape index (κ2) is 9.58. The fraction of sp³-hybridized carbons (Fsp3) is 0.207. The molecule has 0 aliphatic carbocycles. The molecule has 1 fully saturated rings. The number of para-hydroxylation sites is 2. The van der Waals surface area contributed by atoms with Gasteiger partial charge in [0.15, 0.2) is 11.0 Å². The number of fused-ring (bicyclic) bond motifs is 1. The minimum Gasteiger partial charge on any atom is -0.455 e. The van der Waals surface area contributed by atoms with E-state index in [2.05, 4.69) is 5.32 Å². The van der Waals surface area contributed by atoms with Crippen molar-refractivity contribution in [1.82, 2.24) is 4.90 Å². The lowest BCUT2D eigenvalue weighted by Crippen LogP contribution is -2.36. The summed E-state index contributed by atoms with van der Waals surface area (Å²) < 4.78 is 6.19. The van der Waals surface area contributed by atoms with Crippen LogP contribution in [0.2, 0.25) is 0 Å². The van der Waals surface area contributed by atoms with E-state index in [1.807, 2.05) is 35.2 Å². The van der Waals surface area contributed by atoms with Crippen LogP contribution >= 0.6 is 0 Å². The van der Waals surface area contributed by atoms with E-state index in [1.165, 1.54) is 0 Å². The van der Waals surface area contributed by atoms with E-state index in [0.29, 0.717) is 28.0 Å². The predicted octanol–water partition coefficient (Wildman–Crippen LogP) is 5.65. The number of hydrogen-bond acceptors (Lipinski definition) is 4. The van der Waals surface area contributed by atoms with Crippen LogP contribution < -0.4 is 10.7 Å². The molecule has 0 unspecified atom stereocenters. The van der Waals surface area contributed by atoms with Gasteiger partial charge in [-0.05, 0) is 50.5 Å². The molecule has 5 rings (SSSR count). The Balaban J connectivity index is 1.54. The van der Waals surface area contributed by atoms with E-state index in [9.17, 15) is 14.4 Å². The minimum absolute atomic E-state index is 0.0907. The molecule has 6 nitrogen and oxygen atoms in total. The van der Waals surface area contributed by atoms with Gasteiger partial charge in [0, 0.05) is 24.2 Å². The Morgan fingerprint density at radius 3 is 2.29 bits per heavy atom. The monoisotopic (exact) mass is 466 g/mol. The van der Waals surface area contributed by atoms with Crippen LogP contribution in [0.25, 0.3) is 22.3 Å². The average Bonchev–Trinajstić information content (AvgIpc) is 2.91. The van der Waals surface area contributed by atoms with Crippen molar-refractivity contribution in [3.63, 3.8) is 0 Å². The molecule has 0 bridgehead atoms. The molecular weight excluding hydrogens is 440 g/mol. The quantitative estimate of drug-likeness (QED) is 0.422. The number of piperidine rings is 1. The van der Waals surface area contributed by atoms with E-state index in [1.54, 1.807) is 49.4 Å². The summed E-state index contributed by atoms with van der Waals surface area (Å²) in [6.07, 6.45) is 3.09. The number of benzene rings is 3. The summed E-state index contributed by atoms with van der Waals surface area (Å²) in [6.45, 7) is 3.16. The highest BCUT2D eigenvalue weighted by molar-refractivity contribution is 6.13. The zero-order valence-corrected chi connectivity index (χ0v) is 19.5. The summed E-state index contributed by atoms with van der Waals surface area (Å²) in [4.78, 5) is 41.5. The highest BCUT2D eigenvalue weighted by Gasteiger charge is 2.23. The molecule has 0 atom stereocenters. The van der Waals surface area contributed by atoms with Gasteiger partial charge in [-0.1, -0.05) is 48.5 Å². The van der Waals surface area contributed by atoms with Gasteiger partial charge in [0.1, 0.15) is 5.76 Å². The van der Waals surface area contributed by atoms with Crippen LogP contribution in [0.15, 0.2) is 82.0 Å². The number of rotatable bonds is 4. The van der Waals surface area contributed by atoms with Crippen LogP contribution in [0.1, 0.15) is 45.5 Å². The lowest BCUT2D eigenvalue weighted by Gasteiger charge is -2.27. The number of carbonyl (C=O) groups is 2. The Morgan fingerprint density at radius 1 is 0.829 bits per heavy atom. The number of nitrogens with zero attached hydrogens (tertiary/aromatic N) is 1. The Hall–Kier alpha value is -4.19. The van der Waals surface area contributed by atoms with Gasteiger partial charge in [-0.2, -0.15) is 0 Å². The van der Waals surface area contributed by atoms with Gasteiger partial charge in [-0.25, -0.2) is 0 Å². The Kier molecular flexibility index (Phi) is 6.19. The first kappa shape index (κ1) is 22.6. The largest absolute Gasteiger partial charge is 0.455 e. The lowest BCUT2D eigenvalue weighted by molar-refractivity contribution is 0.0725. The van der Waals surface area contributed by atoms with E-state index in [4.69, 9.17) is 4.42 Å². The molecule has 1 aliphatic rings. The fourth-order valence-electron chi connectivity index (χ4n) is 4.59. The van der Waals surface area contributed by atoms with E-state index < -0.39 is 5.91 Å². The highest BCUT2D eigenvalue weighted by Crippen LogP contribution is 2.28. The van der Waals surface area contributed by atoms with Crippen LogP contribution in [-0.2, 0) is 0 Å². The molecule has 1 N–H and O–H groups in total. The first-order chi connectivity index (χ1) is 17.0. The SMILES string of the molecule is Cc1c(-c2ccccc2)oc2c(C(=O)Nc3ccccc3C(=O)N3CCCCC3)cccc2c1=O. The van der Waals surface area contributed by atoms with Crippen molar-refractivity contribution in [3.05, 3.63) is 99.7 Å². The molecule has 0 saturated carbocycles. The molecule has 1 saturated heterocycles. The van der Waals surface area contributed by atoms with E-state index in [0.717, 1.165) is 37.9 Å². The Morgan fingerprint density at radius 2 is 1.51 bits per heavy atom. The Labute approximate surface area is 203 Å². The number of amides is 2. The number of hydrogen-bond donors (Lipinski definition) is 1. The van der Waals surface area contributed by atoms with Crippen LogP contribution in [0, 0.1) is 6.92 Å². The number of nitrogens with one attached hydrogen (secondary N) is 1. The lowest BCUT2D eigenvalue weighted by atomic mass is 10.0. The zero-order valence-electron chi connectivity index (χ0n) is 19.5. The van der Waals surface area contributed by atoms with Gasteiger partial charge in [0.2, 0.25) is 0 Å². The van der Waals surface area contributed by atoms with Crippen molar-refractivity contribution in [2.75, 3.05) is 18.4 Å². The molecule has 0 spiro atoms. The van der Waals surface area contributed by atoms with Crippen molar-refractivity contribution < 1.29 is 14.0 Å². The van der Waals surface area contributed by atoms with Crippen molar-refractivity contribution in [2.24, 2.45) is 0 Å². The predicted molar refractivity (Wildman–Crippen MR) is 137 cm³/mol. The van der Waals surface area contributed by atoms with Gasteiger partial charge in [-0.15, -0.1) is 0 Å². The third-order valence-electron chi connectivity index (χ3n) is 6.47. The Bertz CT molecular complexity index is 1470. The molecule has 3 aromatic carbocycles. The molecule has 1 aromatic heterocycles. The van der Waals surface area contributed by atoms with Crippen LogP contribution in [0.4, 0.5) is 5.69 Å². The molecular formula is C29H26N2O4. The normalized spacial score (nSPS) is 13.6. The standard InChI is InChI=1S/C29H26N2O4/c1-19-25(32)22-14-10-15-23(27(22)35-26(19)20-11-4-2-5-12-20)28(33)30-24-16-7-6-13-21(24)29(34)31-17-8-3-9-18-31/h2,4-7,10-16H,3,8-9,17-18H2,1H3,(H,30,33). The van der Waals surface area contributed by atoms with Gasteiger partial charge in [0.05, 0.1) is 22.2 Å². The first-order valence-corrected chi connectivity index (χ1v) is 11.9. The van der Waals surface area contributed by atoms with E-state index >= 15 is 0 Å². The molecule has 4 aromatic rings. The summed E-state index contributed by atoms with van der Waals surface area (Å²) >= 11 is 0. The maximum absolute atomic E-state index is 13.4. The van der Waals surface area contributed by atoms with Crippen molar-refractivity contribution >= 4 is 28.5 Å². The number of anilines is 1. The summed E-state index contributed by atoms with van der Waals surface area (Å²) in [6, 6.07) is 21.3. The highest BCUT2D eigenvalue weighted by atomic mass is 16.3. The van der Waals surface area contributed by atoms with Crippen LogP contribution in [-0.4, -0.2) is 29.8 Å².